The summed E-state index contributed by atoms with van der Waals surface area (Å²) in [5.41, 5.74) is 2.43. The summed E-state index contributed by atoms with van der Waals surface area (Å²) in [7, 11) is 1.77. The van der Waals surface area contributed by atoms with E-state index in [1.165, 1.54) is 5.56 Å². The summed E-state index contributed by atoms with van der Waals surface area (Å²) in [5.74, 6) is 2.11. The van der Waals surface area contributed by atoms with Gasteiger partial charge in [0.25, 0.3) is 0 Å². The second-order valence-electron chi connectivity index (χ2n) is 12.1. The molecule has 0 N–H and O–H groups in total. The number of anilines is 1. The van der Waals surface area contributed by atoms with E-state index >= 15 is 0 Å². The van der Waals surface area contributed by atoms with Gasteiger partial charge in [0, 0.05) is 64.0 Å². The fraction of sp³-hybridized carbons (Fsp3) is 0.677. The van der Waals surface area contributed by atoms with Gasteiger partial charge in [-0.1, -0.05) is 12.1 Å². The number of hydrogen-bond acceptors (Lipinski definition) is 6. The number of methoxy groups -OCH3 is 1. The molecule has 0 radical (unpaired) electrons. The van der Waals surface area contributed by atoms with Crippen molar-refractivity contribution in [2.24, 2.45) is 11.8 Å². The molecule has 1 aromatic heterocycles. The molecule has 8 heteroatoms. The minimum atomic E-state index is 0.135. The van der Waals surface area contributed by atoms with Gasteiger partial charge in [-0.2, -0.15) is 5.10 Å². The van der Waals surface area contributed by atoms with Crippen molar-refractivity contribution >= 4 is 11.6 Å². The van der Waals surface area contributed by atoms with E-state index in [0.717, 1.165) is 83.0 Å². The molecule has 0 spiro atoms. The molecule has 2 heterocycles. The van der Waals surface area contributed by atoms with Crippen LogP contribution in [0.15, 0.2) is 36.7 Å². The third kappa shape index (κ3) is 8.21. The average molecular weight is 540 g/mol. The lowest BCUT2D eigenvalue weighted by Crippen LogP contribution is -2.51. The highest BCUT2D eigenvalue weighted by Gasteiger charge is 2.33. The number of amides is 1. The standard InChI is InChI=1S/C31H49N5O3/c1-6-39-29-9-7-8-26(20-29)23-36-24-28(21-32-36)33-14-16-34(17-15-33)30(37)27-12-10-25(11-13-27)22-35(18-19-38-5)31(2,3)4/h7-9,20-21,24-25,27H,6,10-19,22-23H2,1-5H3. The molecular formula is C31H49N5O3. The molecule has 1 aliphatic carbocycles. The second kappa shape index (κ2) is 13.7. The van der Waals surface area contributed by atoms with Crippen LogP contribution in [0.4, 0.5) is 5.69 Å². The first-order valence-electron chi connectivity index (χ1n) is 14.8. The number of rotatable bonds is 11. The van der Waals surface area contributed by atoms with Gasteiger partial charge in [-0.05, 0) is 77.0 Å². The monoisotopic (exact) mass is 539 g/mol. The van der Waals surface area contributed by atoms with Gasteiger partial charge < -0.3 is 19.3 Å². The van der Waals surface area contributed by atoms with Crippen molar-refractivity contribution in [3.8, 4) is 5.75 Å². The van der Waals surface area contributed by atoms with Crippen LogP contribution in [-0.4, -0.2) is 90.6 Å². The highest BCUT2D eigenvalue weighted by Crippen LogP contribution is 2.32. The van der Waals surface area contributed by atoms with E-state index in [1.807, 2.05) is 29.9 Å². The fourth-order valence-corrected chi connectivity index (χ4v) is 5.94. The summed E-state index contributed by atoms with van der Waals surface area (Å²) in [5, 5.41) is 4.59. The van der Waals surface area contributed by atoms with Gasteiger partial charge in [0.2, 0.25) is 5.91 Å². The van der Waals surface area contributed by atoms with Crippen molar-refractivity contribution in [1.29, 1.82) is 0 Å². The Morgan fingerprint density at radius 1 is 1.10 bits per heavy atom. The number of hydrogen-bond donors (Lipinski definition) is 0. The number of carbonyl (C=O) groups excluding carboxylic acids is 1. The maximum absolute atomic E-state index is 13.4. The third-order valence-electron chi connectivity index (χ3n) is 8.32. The van der Waals surface area contributed by atoms with Crippen molar-refractivity contribution in [2.75, 3.05) is 64.5 Å². The van der Waals surface area contributed by atoms with Gasteiger partial charge in [0.1, 0.15) is 5.75 Å². The predicted octanol–water partition coefficient (Wildman–Crippen LogP) is 4.53. The number of benzene rings is 1. The minimum Gasteiger partial charge on any atom is -0.494 e. The van der Waals surface area contributed by atoms with E-state index in [1.54, 1.807) is 7.11 Å². The molecule has 8 nitrogen and oxygen atoms in total. The Hall–Kier alpha value is -2.58. The van der Waals surface area contributed by atoms with E-state index < -0.39 is 0 Å². The van der Waals surface area contributed by atoms with Crippen LogP contribution < -0.4 is 9.64 Å². The van der Waals surface area contributed by atoms with E-state index in [2.05, 4.69) is 58.9 Å². The Kier molecular flexibility index (Phi) is 10.3. The lowest BCUT2D eigenvalue weighted by Gasteiger charge is -2.41. The predicted molar refractivity (Wildman–Crippen MR) is 156 cm³/mol. The Bertz CT molecular complexity index is 1030. The average Bonchev–Trinajstić information content (AvgIpc) is 3.39. The maximum atomic E-state index is 13.4. The highest BCUT2D eigenvalue weighted by atomic mass is 16.5. The van der Waals surface area contributed by atoms with Gasteiger partial charge in [0.05, 0.1) is 31.6 Å². The van der Waals surface area contributed by atoms with Crippen LogP contribution in [0, 0.1) is 11.8 Å². The van der Waals surface area contributed by atoms with E-state index in [-0.39, 0.29) is 11.5 Å². The van der Waals surface area contributed by atoms with Crippen LogP contribution in [0.5, 0.6) is 5.75 Å². The van der Waals surface area contributed by atoms with Crippen molar-refractivity contribution < 1.29 is 14.3 Å². The Morgan fingerprint density at radius 2 is 1.85 bits per heavy atom. The summed E-state index contributed by atoms with van der Waals surface area (Å²) < 4.78 is 12.9. The van der Waals surface area contributed by atoms with Crippen LogP contribution in [0.25, 0.3) is 0 Å². The third-order valence-corrected chi connectivity index (χ3v) is 8.32. The summed E-state index contributed by atoms with van der Waals surface area (Å²) in [6.45, 7) is 16.3. The van der Waals surface area contributed by atoms with Crippen molar-refractivity contribution in [3.63, 3.8) is 0 Å². The first-order valence-corrected chi connectivity index (χ1v) is 14.8. The van der Waals surface area contributed by atoms with Crippen molar-refractivity contribution in [2.45, 2.75) is 65.5 Å². The Morgan fingerprint density at radius 3 is 2.51 bits per heavy atom. The molecule has 2 aromatic rings. The van der Waals surface area contributed by atoms with Crippen LogP contribution in [0.3, 0.4) is 0 Å². The zero-order valence-electron chi connectivity index (χ0n) is 24.8. The SMILES string of the molecule is CCOc1cccc(Cn2cc(N3CCN(C(=O)C4CCC(CN(CCOC)C(C)(C)C)CC4)CC3)cn2)c1. The van der Waals surface area contributed by atoms with Crippen molar-refractivity contribution in [1.82, 2.24) is 19.6 Å². The van der Waals surface area contributed by atoms with Gasteiger partial charge in [0.15, 0.2) is 0 Å². The lowest BCUT2D eigenvalue weighted by molar-refractivity contribution is -0.137. The molecule has 0 atom stereocenters. The smallest absolute Gasteiger partial charge is 0.225 e. The molecule has 0 unspecified atom stereocenters. The number of aromatic nitrogens is 2. The topological polar surface area (TPSA) is 63.1 Å². The molecular weight excluding hydrogens is 490 g/mol. The Labute approximate surface area is 235 Å². The quantitative estimate of drug-likeness (QED) is 0.418. The largest absolute Gasteiger partial charge is 0.494 e. The summed E-state index contributed by atoms with van der Waals surface area (Å²) in [6.07, 6.45) is 8.37. The molecule has 1 saturated heterocycles. The summed E-state index contributed by atoms with van der Waals surface area (Å²) in [6, 6.07) is 8.18. The molecule has 1 aromatic carbocycles. The number of ether oxygens (including phenoxy) is 2. The fourth-order valence-electron chi connectivity index (χ4n) is 5.94. The molecule has 4 rings (SSSR count). The molecule has 216 valence electrons. The zero-order valence-corrected chi connectivity index (χ0v) is 24.8. The lowest BCUT2D eigenvalue weighted by atomic mass is 9.80. The molecule has 1 amide bonds. The molecule has 1 aliphatic heterocycles. The molecule has 0 bridgehead atoms. The second-order valence-corrected chi connectivity index (χ2v) is 12.1. The highest BCUT2D eigenvalue weighted by molar-refractivity contribution is 5.79. The molecule has 2 aliphatic rings. The van der Waals surface area contributed by atoms with E-state index in [4.69, 9.17) is 9.47 Å². The van der Waals surface area contributed by atoms with Crippen molar-refractivity contribution in [3.05, 3.63) is 42.2 Å². The molecule has 1 saturated carbocycles. The van der Waals surface area contributed by atoms with Crippen LogP contribution in [-0.2, 0) is 16.1 Å². The first kappa shape index (κ1) is 29.4. The van der Waals surface area contributed by atoms with Crippen LogP contribution in [0.2, 0.25) is 0 Å². The van der Waals surface area contributed by atoms with Crippen LogP contribution in [0.1, 0.15) is 58.9 Å². The Balaban J connectivity index is 1.22. The van der Waals surface area contributed by atoms with Gasteiger partial charge in [-0.3, -0.25) is 14.4 Å². The van der Waals surface area contributed by atoms with Crippen LogP contribution >= 0.6 is 0 Å². The van der Waals surface area contributed by atoms with Gasteiger partial charge >= 0.3 is 0 Å². The van der Waals surface area contributed by atoms with Gasteiger partial charge in [-0.25, -0.2) is 0 Å². The minimum absolute atomic E-state index is 0.135. The number of carbonyl (C=O) groups is 1. The summed E-state index contributed by atoms with van der Waals surface area (Å²) >= 11 is 0. The normalized spacial score (nSPS) is 20.5. The number of piperazine rings is 1. The summed E-state index contributed by atoms with van der Waals surface area (Å²) in [4.78, 5) is 20.4. The maximum Gasteiger partial charge on any atom is 0.225 e. The first-order chi connectivity index (χ1) is 18.8. The zero-order chi connectivity index (χ0) is 27.8. The van der Waals surface area contributed by atoms with Gasteiger partial charge in [-0.15, -0.1) is 0 Å². The van der Waals surface area contributed by atoms with E-state index in [0.29, 0.717) is 25.0 Å². The molecule has 39 heavy (non-hydrogen) atoms. The number of nitrogens with zero attached hydrogens (tertiary/aromatic N) is 5. The molecule has 2 fully saturated rings. The van der Waals surface area contributed by atoms with E-state index in [9.17, 15) is 4.79 Å².